The molecule has 3 heteroatoms. The fourth-order valence-electron chi connectivity index (χ4n) is 1.82. The van der Waals surface area contributed by atoms with Gasteiger partial charge in [0.1, 0.15) is 0 Å². The molecule has 0 bridgehead atoms. The standard InChI is InChI=1S/C9H13.C8H11.2ClH.Zr/c1-3-8(2)9-6-4-5-7-9;1-2-5-8-6-3-4-7-8;;;/h4-8H,3H2,1-2H3;3-4,6-7H,2,5H2,1H3;2*1H;/q2*-1;;;+4/p-2. The second-order valence-corrected chi connectivity index (χ2v) is 8.37. The van der Waals surface area contributed by atoms with Gasteiger partial charge in [-0.15, -0.1) is 0 Å². The zero-order chi connectivity index (χ0) is 15.2. The van der Waals surface area contributed by atoms with E-state index in [-0.39, 0.29) is 0 Å². The third kappa shape index (κ3) is 9.97. The van der Waals surface area contributed by atoms with Crippen LogP contribution in [0.3, 0.4) is 0 Å². The van der Waals surface area contributed by atoms with Gasteiger partial charge in [-0.25, -0.2) is 24.3 Å². The molecule has 2 aromatic rings. The first kappa shape index (κ1) is 20.2. The molecule has 0 radical (unpaired) electrons. The van der Waals surface area contributed by atoms with Gasteiger partial charge in [-0.3, -0.25) is 0 Å². The molecule has 0 spiro atoms. The molecule has 1 unspecified atom stereocenters. The van der Waals surface area contributed by atoms with Crippen molar-refractivity contribution in [2.24, 2.45) is 0 Å². The third-order valence-electron chi connectivity index (χ3n) is 3.14. The average Bonchev–Trinajstić information content (AvgIpc) is 3.13. The van der Waals surface area contributed by atoms with Crippen molar-refractivity contribution in [2.75, 3.05) is 0 Å². The van der Waals surface area contributed by atoms with Crippen LogP contribution in [-0.2, 0) is 27.3 Å². The molecule has 0 aliphatic heterocycles. The molecule has 0 aliphatic rings. The van der Waals surface area contributed by atoms with Crippen molar-refractivity contribution >= 4 is 17.0 Å². The Balaban J connectivity index is 0.000000304. The Morgan fingerprint density at radius 1 is 0.950 bits per heavy atom. The van der Waals surface area contributed by atoms with Crippen LogP contribution in [-0.4, -0.2) is 0 Å². The van der Waals surface area contributed by atoms with Gasteiger partial charge >= 0.3 is 37.9 Å². The Labute approximate surface area is 142 Å². The summed E-state index contributed by atoms with van der Waals surface area (Å²) in [6.07, 6.45) is 3.72. The van der Waals surface area contributed by atoms with Crippen LogP contribution in [0.2, 0.25) is 0 Å². The molecule has 2 rings (SSSR count). The van der Waals surface area contributed by atoms with Crippen molar-refractivity contribution in [3.05, 3.63) is 59.7 Å². The van der Waals surface area contributed by atoms with E-state index in [4.69, 9.17) is 17.0 Å². The quantitative estimate of drug-likeness (QED) is 0.513. The SMILES string of the molecule is CCC(C)[c-]1cccc1.CCC[c-]1cccc1.[Cl][Zr+2][Cl]. The van der Waals surface area contributed by atoms with Crippen LogP contribution in [0.4, 0.5) is 0 Å². The molecule has 110 valence electrons. The molecule has 2 aromatic carbocycles. The van der Waals surface area contributed by atoms with Crippen LogP contribution < -0.4 is 0 Å². The molecule has 0 saturated carbocycles. The van der Waals surface area contributed by atoms with Crippen molar-refractivity contribution < 1.29 is 20.8 Å². The third-order valence-corrected chi connectivity index (χ3v) is 3.14. The van der Waals surface area contributed by atoms with E-state index in [9.17, 15) is 0 Å². The van der Waals surface area contributed by atoms with Crippen molar-refractivity contribution in [1.29, 1.82) is 0 Å². The van der Waals surface area contributed by atoms with Gasteiger partial charge in [0.25, 0.3) is 0 Å². The topological polar surface area (TPSA) is 0 Å². The summed E-state index contributed by atoms with van der Waals surface area (Å²) in [4.78, 5) is 0. The van der Waals surface area contributed by atoms with Crippen LogP contribution >= 0.6 is 17.0 Å². The van der Waals surface area contributed by atoms with Gasteiger partial charge in [-0.05, 0) is 0 Å². The fourth-order valence-corrected chi connectivity index (χ4v) is 1.82. The van der Waals surface area contributed by atoms with Gasteiger partial charge in [0.05, 0.1) is 0 Å². The van der Waals surface area contributed by atoms with Crippen LogP contribution in [0.25, 0.3) is 0 Å². The molecule has 1 atom stereocenters. The summed E-state index contributed by atoms with van der Waals surface area (Å²) in [7, 11) is 9.87. The first-order valence-corrected chi connectivity index (χ1v) is 13.4. The molecule has 0 aromatic heterocycles. The van der Waals surface area contributed by atoms with E-state index >= 15 is 0 Å². The molecule has 0 N–H and O–H groups in total. The summed E-state index contributed by atoms with van der Waals surface area (Å²) in [6.45, 7) is 6.68. The predicted molar refractivity (Wildman–Crippen MR) is 88.5 cm³/mol. The van der Waals surface area contributed by atoms with E-state index in [0.29, 0.717) is 0 Å². The van der Waals surface area contributed by atoms with Crippen LogP contribution in [0.15, 0.2) is 48.5 Å². The van der Waals surface area contributed by atoms with Gasteiger partial charge in [0.15, 0.2) is 0 Å². The second-order valence-electron chi connectivity index (χ2n) is 4.64. The first-order valence-electron chi connectivity index (χ1n) is 7.07. The zero-order valence-corrected chi connectivity index (χ0v) is 16.5. The van der Waals surface area contributed by atoms with E-state index in [2.05, 4.69) is 69.3 Å². The Kier molecular flexibility index (Phi) is 14.2. The van der Waals surface area contributed by atoms with Gasteiger partial charge < -0.3 is 0 Å². The first-order chi connectivity index (χ1) is 9.69. The molecule has 20 heavy (non-hydrogen) atoms. The van der Waals surface area contributed by atoms with Crippen LogP contribution in [0.1, 0.15) is 50.7 Å². The second kappa shape index (κ2) is 14.1. The van der Waals surface area contributed by atoms with Crippen LogP contribution in [0.5, 0.6) is 0 Å². The van der Waals surface area contributed by atoms with E-state index in [0.717, 1.165) is 5.92 Å². The summed E-state index contributed by atoms with van der Waals surface area (Å²) in [5.74, 6) is 0.736. The van der Waals surface area contributed by atoms with Crippen molar-refractivity contribution in [3.8, 4) is 0 Å². The Hall–Kier alpha value is 0.163. The maximum absolute atomic E-state index is 4.93. The number of halogens is 2. The molecular weight excluding hydrogens is 366 g/mol. The number of hydrogen-bond acceptors (Lipinski definition) is 0. The minimum atomic E-state index is -0.826. The summed E-state index contributed by atoms with van der Waals surface area (Å²) in [5, 5.41) is 0. The maximum atomic E-state index is 4.93. The minimum absolute atomic E-state index is 0.736. The van der Waals surface area contributed by atoms with Crippen molar-refractivity contribution in [1.82, 2.24) is 0 Å². The zero-order valence-electron chi connectivity index (χ0n) is 12.6. The van der Waals surface area contributed by atoms with Gasteiger partial charge in [0, 0.05) is 0 Å². The van der Waals surface area contributed by atoms with E-state index in [1.807, 2.05) is 0 Å². The summed E-state index contributed by atoms with van der Waals surface area (Å²) in [6, 6.07) is 17.1. The van der Waals surface area contributed by atoms with E-state index in [1.54, 1.807) is 0 Å². The van der Waals surface area contributed by atoms with Gasteiger partial charge in [-0.1, -0.05) is 46.0 Å². The molecule has 0 heterocycles. The Morgan fingerprint density at radius 2 is 1.40 bits per heavy atom. The van der Waals surface area contributed by atoms with Gasteiger partial charge in [0.2, 0.25) is 0 Å². The van der Waals surface area contributed by atoms with Crippen LogP contribution in [0, 0.1) is 0 Å². The van der Waals surface area contributed by atoms with Crippen molar-refractivity contribution in [3.63, 3.8) is 0 Å². The number of rotatable bonds is 4. The number of hydrogen-bond donors (Lipinski definition) is 0. The molecule has 0 aliphatic carbocycles. The van der Waals surface area contributed by atoms with E-state index in [1.165, 1.54) is 30.4 Å². The van der Waals surface area contributed by atoms with Gasteiger partial charge in [-0.2, -0.15) is 35.4 Å². The molecule has 0 nitrogen and oxygen atoms in total. The molecular formula is C17H24Cl2Zr. The Morgan fingerprint density at radius 3 is 1.80 bits per heavy atom. The van der Waals surface area contributed by atoms with Crippen molar-refractivity contribution in [2.45, 2.75) is 46.0 Å². The fraction of sp³-hybridized carbons (Fsp3) is 0.412. The summed E-state index contributed by atoms with van der Waals surface area (Å²) >= 11 is -0.826. The molecule has 0 saturated heterocycles. The van der Waals surface area contributed by atoms with E-state index < -0.39 is 20.8 Å². The predicted octanol–water partition coefficient (Wildman–Crippen LogP) is 6.65. The Bertz CT molecular complexity index is 379. The number of aryl methyl sites for hydroxylation is 1. The monoisotopic (exact) mass is 388 g/mol. The average molecular weight is 391 g/mol. The normalized spacial score (nSPS) is 10.4. The summed E-state index contributed by atoms with van der Waals surface area (Å²) < 4.78 is 0. The summed E-state index contributed by atoms with van der Waals surface area (Å²) in [5.41, 5.74) is 2.94. The molecule has 0 amide bonds. The molecule has 0 fully saturated rings.